The van der Waals surface area contributed by atoms with Gasteiger partial charge in [-0.3, -0.25) is 9.78 Å². The molecule has 1 aliphatic heterocycles. The fraction of sp³-hybridized carbons (Fsp3) is 0.500. The summed E-state index contributed by atoms with van der Waals surface area (Å²) in [5, 5.41) is 11.6. The van der Waals surface area contributed by atoms with Crippen LogP contribution in [0.1, 0.15) is 28.9 Å². The van der Waals surface area contributed by atoms with Gasteiger partial charge >= 0.3 is 0 Å². The van der Waals surface area contributed by atoms with E-state index >= 15 is 0 Å². The molecule has 0 radical (unpaired) electrons. The number of nitrogens with zero attached hydrogens (tertiary/aromatic N) is 3. The van der Waals surface area contributed by atoms with Crippen LogP contribution in [0.5, 0.6) is 0 Å². The molecule has 19 heavy (non-hydrogen) atoms. The molecule has 1 aromatic heterocycles. The third-order valence-electron chi connectivity index (χ3n) is 3.45. The monoisotopic (exact) mass is 258 g/mol. The Balaban J connectivity index is 1.79. The average Bonchev–Trinajstić information content (AvgIpc) is 2.84. The number of carbonyl (C=O) groups excluding carboxylic acids is 1. The summed E-state index contributed by atoms with van der Waals surface area (Å²) >= 11 is 0. The van der Waals surface area contributed by atoms with E-state index in [1.165, 1.54) is 18.7 Å². The van der Waals surface area contributed by atoms with Gasteiger partial charge in [0, 0.05) is 19.3 Å². The van der Waals surface area contributed by atoms with Crippen LogP contribution in [0.3, 0.4) is 0 Å². The lowest BCUT2D eigenvalue weighted by molar-refractivity contribution is 0.0946. The van der Waals surface area contributed by atoms with Gasteiger partial charge in [0.05, 0.1) is 11.6 Å². The largest absolute Gasteiger partial charge is 0.351 e. The van der Waals surface area contributed by atoms with Gasteiger partial charge in [0.2, 0.25) is 0 Å². The van der Waals surface area contributed by atoms with Crippen LogP contribution in [0.2, 0.25) is 0 Å². The van der Waals surface area contributed by atoms with Crippen molar-refractivity contribution in [2.24, 2.45) is 5.92 Å². The van der Waals surface area contributed by atoms with E-state index in [9.17, 15) is 4.79 Å². The molecule has 0 bridgehead atoms. The molecule has 1 amide bonds. The Labute approximate surface area is 113 Å². The Hall–Kier alpha value is -1.93. The Bertz CT molecular complexity index is 494. The molecule has 0 spiro atoms. The number of hydrogen-bond donors (Lipinski definition) is 1. The summed E-state index contributed by atoms with van der Waals surface area (Å²) in [5.41, 5.74) is 0.764. The first-order valence-corrected chi connectivity index (χ1v) is 6.52. The second-order valence-corrected chi connectivity index (χ2v) is 5.00. The first-order valence-electron chi connectivity index (χ1n) is 6.52. The van der Waals surface area contributed by atoms with E-state index < -0.39 is 0 Å². The number of amides is 1. The quantitative estimate of drug-likeness (QED) is 0.875. The molecule has 0 saturated carbocycles. The van der Waals surface area contributed by atoms with Crippen molar-refractivity contribution in [1.29, 1.82) is 5.26 Å². The van der Waals surface area contributed by atoms with Gasteiger partial charge in [0.25, 0.3) is 5.91 Å². The molecule has 1 atom stereocenters. The van der Waals surface area contributed by atoms with Crippen LogP contribution in [0, 0.1) is 17.2 Å². The lowest BCUT2D eigenvalue weighted by Gasteiger charge is -2.10. The summed E-state index contributed by atoms with van der Waals surface area (Å²) in [6.45, 7) is 2.91. The van der Waals surface area contributed by atoms with Gasteiger partial charge in [0.15, 0.2) is 0 Å². The van der Waals surface area contributed by atoms with Crippen LogP contribution in [0.15, 0.2) is 18.3 Å². The third kappa shape index (κ3) is 3.76. The number of nitrogens with one attached hydrogen (secondary N) is 1. The molecule has 2 rings (SSSR count). The molecule has 1 fully saturated rings. The Morgan fingerprint density at radius 1 is 1.68 bits per heavy atom. The third-order valence-corrected chi connectivity index (χ3v) is 3.45. The lowest BCUT2D eigenvalue weighted by atomic mass is 10.1. The van der Waals surface area contributed by atoms with Crippen molar-refractivity contribution >= 4 is 5.91 Å². The summed E-state index contributed by atoms with van der Waals surface area (Å²) in [6.07, 6.45) is 3.68. The Morgan fingerprint density at radius 3 is 3.21 bits per heavy atom. The maximum absolute atomic E-state index is 11.9. The van der Waals surface area contributed by atoms with E-state index in [1.807, 2.05) is 6.07 Å². The van der Waals surface area contributed by atoms with Gasteiger partial charge < -0.3 is 10.2 Å². The molecule has 1 aliphatic rings. The smallest absolute Gasteiger partial charge is 0.269 e. The maximum atomic E-state index is 11.9. The summed E-state index contributed by atoms with van der Waals surface area (Å²) in [6, 6.07) is 5.10. The van der Waals surface area contributed by atoms with Gasteiger partial charge in [-0.25, -0.2) is 0 Å². The number of hydrogen-bond acceptors (Lipinski definition) is 4. The molecular formula is C14H18N4O. The van der Waals surface area contributed by atoms with Crippen LogP contribution >= 0.6 is 0 Å². The molecule has 2 heterocycles. The van der Waals surface area contributed by atoms with Crippen molar-refractivity contribution in [2.75, 3.05) is 26.7 Å². The molecule has 1 aromatic rings. The predicted molar refractivity (Wildman–Crippen MR) is 71.5 cm³/mol. The van der Waals surface area contributed by atoms with E-state index in [1.54, 1.807) is 6.07 Å². The minimum absolute atomic E-state index is 0.205. The molecule has 5 nitrogen and oxygen atoms in total. The van der Waals surface area contributed by atoms with Gasteiger partial charge in [-0.2, -0.15) is 5.26 Å². The summed E-state index contributed by atoms with van der Waals surface area (Å²) < 4.78 is 0. The second kappa shape index (κ2) is 6.30. The van der Waals surface area contributed by atoms with Gasteiger partial charge in [-0.05, 0) is 44.5 Å². The molecule has 1 unspecified atom stereocenters. The van der Waals surface area contributed by atoms with E-state index in [0.717, 1.165) is 19.5 Å². The maximum Gasteiger partial charge on any atom is 0.269 e. The zero-order valence-corrected chi connectivity index (χ0v) is 11.1. The number of nitriles is 1. The fourth-order valence-electron chi connectivity index (χ4n) is 2.37. The standard InChI is InChI=1S/C14H18N4O/c1-18-7-4-11(10-18)2-6-17-14(19)13-8-12(9-15)3-5-16-13/h3,5,8,11H,2,4,6-7,10H2,1H3,(H,17,19). The number of rotatable bonds is 4. The minimum Gasteiger partial charge on any atom is -0.351 e. The van der Waals surface area contributed by atoms with Gasteiger partial charge in [-0.15, -0.1) is 0 Å². The van der Waals surface area contributed by atoms with E-state index in [0.29, 0.717) is 23.7 Å². The number of aromatic nitrogens is 1. The SMILES string of the molecule is CN1CCC(CCNC(=O)c2cc(C#N)ccn2)C1. The van der Waals surface area contributed by atoms with Crippen molar-refractivity contribution in [1.82, 2.24) is 15.2 Å². The van der Waals surface area contributed by atoms with Crippen molar-refractivity contribution in [3.8, 4) is 6.07 Å². The van der Waals surface area contributed by atoms with Crippen molar-refractivity contribution < 1.29 is 4.79 Å². The van der Waals surface area contributed by atoms with Crippen LogP contribution in [-0.4, -0.2) is 42.5 Å². The van der Waals surface area contributed by atoms with Crippen molar-refractivity contribution in [2.45, 2.75) is 12.8 Å². The highest BCUT2D eigenvalue weighted by atomic mass is 16.1. The van der Waals surface area contributed by atoms with E-state index in [4.69, 9.17) is 5.26 Å². The van der Waals surface area contributed by atoms with Gasteiger partial charge in [-0.1, -0.05) is 0 Å². The molecule has 1 saturated heterocycles. The van der Waals surface area contributed by atoms with Crippen molar-refractivity contribution in [3.05, 3.63) is 29.6 Å². The molecule has 5 heteroatoms. The normalized spacial score (nSPS) is 19.1. The zero-order valence-electron chi connectivity index (χ0n) is 11.1. The number of carbonyl (C=O) groups is 1. The van der Waals surface area contributed by atoms with Crippen molar-refractivity contribution in [3.63, 3.8) is 0 Å². The predicted octanol–water partition coefficient (Wildman–Crippen LogP) is 1.02. The topological polar surface area (TPSA) is 69.0 Å². The average molecular weight is 258 g/mol. The first kappa shape index (κ1) is 13.5. The number of likely N-dealkylation sites (tertiary alicyclic amines) is 1. The molecule has 1 N–H and O–H groups in total. The van der Waals surface area contributed by atoms with Crippen LogP contribution < -0.4 is 5.32 Å². The summed E-state index contributed by atoms with van der Waals surface area (Å²) in [7, 11) is 2.12. The summed E-state index contributed by atoms with van der Waals surface area (Å²) in [5.74, 6) is 0.465. The first-order chi connectivity index (χ1) is 9.19. The van der Waals surface area contributed by atoms with Crippen LogP contribution in [-0.2, 0) is 0 Å². The van der Waals surface area contributed by atoms with Crippen LogP contribution in [0.4, 0.5) is 0 Å². The Kier molecular flexibility index (Phi) is 4.48. The fourth-order valence-corrected chi connectivity index (χ4v) is 2.37. The molecule has 0 aliphatic carbocycles. The van der Waals surface area contributed by atoms with Gasteiger partial charge in [0.1, 0.15) is 5.69 Å². The molecular weight excluding hydrogens is 240 g/mol. The minimum atomic E-state index is -0.205. The molecule has 100 valence electrons. The highest BCUT2D eigenvalue weighted by molar-refractivity contribution is 5.92. The van der Waals surface area contributed by atoms with E-state index in [2.05, 4.69) is 22.2 Å². The molecule has 0 aromatic carbocycles. The lowest BCUT2D eigenvalue weighted by Crippen LogP contribution is -2.27. The highest BCUT2D eigenvalue weighted by Gasteiger charge is 2.19. The highest BCUT2D eigenvalue weighted by Crippen LogP contribution is 2.17. The number of pyridine rings is 1. The second-order valence-electron chi connectivity index (χ2n) is 5.00. The zero-order chi connectivity index (χ0) is 13.7. The van der Waals surface area contributed by atoms with E-state index in [-0.39, 0.29) is 5.91 Å². The summed E-state index contributed by atoms with van der Waals surface area (Å²) in [4.78, 5) is 18.1. The van der Waals surface area contributed by atoms with Crippen LogP contribution in [0.25, 0.3) is 0 Å². The Morgan fingerprint density at radius 2 is 2.53 bits per heavy atom.